The average molecular weight is 686 g/mol. The first kappa shape index (κ1) is 26.9. The third-order valence-corrected chi connectivity index (χ3v) is 9.88. The number of carbonyl (C=O) groups excluding carboxylic acids is 4. The number of amides is 3. The molecule has 0 spiro atoms. The molecule has 0 bridgehead atoms. The zero-order valence-corrected chi connectivity index (χ0v) is 23.9. The molecule has 2 fully saturated rings. The Morgan fingerprint density at radius 3 is 1.74 bits per heavy atom. The van der Waals surface area contributed by atoms with E-state index < -0.39 is 41.9 Å². The van der Waals surface area contributed by atoms with Gasteiger partial charge in [-0.1, -0.05) is 78.3 Å². The average Bonchev–Trinajstić information content (AvgIpc) is 3.01. The largest absolute Gasteiger partial charge is 0.292 e. The van der Waals surface area contributed by atoms with Gasteiger partial charge in [0, 0.05) is 25.3 Å². The normalized spacial score (nSPS) is 23.9. The number of halogens is 6. The molecular formula is C23H16Br2Cl4N2O4. The van der Waals surface area contributed by atoms with E-state index in [1.165, 1.54) is 36.4 Å². The van der Waals surface area contributed by atoms with Crippen molar-refractivity contribution < 1.29 is 19.2 Å². The summed E-state index contributed by atoms with van der Waals surface area (Å²) in [4.78, 5) is 53.6. The van der Waals surface area contributed by atoms with Gasteiger partial charge in [0.1, 0.15) is 6.54 Å². The minimum absolute atomic E-state index is 0.0155. The van der Waals surface area contributed by atoms with Crippen molar-refractivity contribution in [1.82, 2.24) is 10.0 Å². The first-order valence-corrected chi connectivity index (χ1v) is 13.7. The molecule has 0 unspecified atom stereocenters. The maximum Gasteiger partial charge on any atom is 0.274 e. The SMILES string of the molecule is O=C(CN(C(=O)c1ccc(Cl)cc1Cl)N1C(=O)[C@H]2C[C@H](Br)[C@@H](Br)C[C@H]2C1=O)c1ccc(Cl)cc1Cl. The number of Topliss-reactive ketones (excluding diaryl/α,β-unsaturated/α-hetero) is 1. The van der Waals surface area contributed by atoms with Crippen molar-refractivity contribution >= 4 is 102 Å². The third-order valence-electron chi connectivity index (χ3n) is 6.05. The van der Waals surface area contributed by atoms with Gasteiger partial charge in [-0.05, 0) is 49.2 Å². The molecule has 2 aromatic rings. The summed E-state index contributed by atoms with van der Waals surface area (Å²) >= 11 is 31.4. The number of hydrazine groups is 1. The monoisotopic (exact) mass is 682 g/mol. The second kappa shape index (κ2) is 10.7. The highest BCUT2D eigenvalue weighted by atomic mass is 79.9. The topological polar surface area (TPSA) is 74.8 Å². The molecule has 6 nitrogen and oxygen atoms in total. The van der Waals surface area contributed by atoms with Gasteiger partial charge in [-0.3, -0.25) is 19.2 Å². The Hall–Kier alpha value is -1.16. The van der Waals surface area contributed by atoms with Gasteiger partial charge in [0.15, 0.2) is 5.78 Å². The molecule has 0 radical (unpaired) electrons. The van der Waals surface area contributed by atoms with Crippen LogP contribution >= 0.6 is 78.3 Å². The number of rotatable bonds is 5. The maximum absolute atomic E-state index is 13.6. The van der Waals surface area contributed by atoms with Gasteiger partial charge < -0.3 is 0 Å². The molecule has 3 amide bonds. The van der Waals surface area contributed by atoms with E-state index in [4.69, 9.17) is 46.4 Å². The maximum atomic E-state index is 13.6. The third kappa shape index (κ3) is 5.29. The van der Waals surface area contributed by atoms with E-state index in [1.54, 1.807) is 0 Å². The fourth-order valence-corrected chi connectivity index (χ4v) is 6.53. The Labute approximate surface area is 238 Å². The van der Waals surface area contributed by atoms with Gasteiger partial charge in [-0.25, -0.2) is 5.01 Å². The van der Waals surface area contributed by atoms with Gasteiger partial charge in [-0.2, -0.15) is 5.01 Å². The molecular weight excluding hydrogens is 670 g/mol. The quantitative estimate of drug-likeness (QED) is 0.206. The minimum Gasteiger partial charge on any atom is -0.292 e. The lowest BCUT2D eigenvalue weighted by atomic mass is 9.81. The first-order valence-electron chi connectivity index (χ1n) is 10.4. The van der Waals surface area contributed by atoms with Crippen molar-refractivity contribution in [3.8, 4) is 0 Å². The lowest BCUT2D eigenvalue weighted by Gasteiger charge is -2.30. The summed E-state index contributed by atoms with van der Waals surface area (Å²) in [6, 6.07) is 8.49. The van der Waals surface area contributed by atoms with Crippen molar-refractivity contribution in [3.05, 3.63) is 67.6 Å². The first-order chi connectivity index (χ1) is 16.5. The van der Waals surface area contributed by atoms with Crippen LogP contribution < -0.4 is 0 Å². The molecule has 1 saturated carbocycles. The van der Waals surface area contributed by atoms with Gasteiger partial charge in [-0.15, -0.1) is 0 Å². The summed E-state index contributed by atoms with van der Waals surface area (Å²) in [6.07, 6.45) is 0.810. The number of fused-ring (bicyclic) bond motifs is 1. The Morgan fingerprint density at radius 2 is 1.29 bits per heavy atom. The predicted molar refractivity (Wildman–Crippen MR) is 142 cm³/mol. The second-order valence-electron chi connectivity index (χ2n) is 8.24. The van der Waals surface area contributed by atoms with Crippen molar-refractivity contribution in [1.29, 1.82) is 0 Å². The van der Waals surface area contributed by atoms with Crippen molar-refractivity contribution in [3.63, 3.8) is 0 Å². The van der Waals surface area contributed by atoms with Crippen molar-refractivity contribution in [2.75, 3.05) is 6.54 Å². The van der Waals surface area contributed by atoms with E-state index in [1.807, 2.05) is 0 Å². The van der Waals surface area contributed by atoms with Crippen LogP contribution in [0.1, 0.15) is 33.6 Å². The number of hydrogen-bond acceptors (Lipinski definition) is 4. The highest BCUT2D eigenvalue weighted by Crippen LogP contribution is 2.44. The van der Waals surface area contributed by atoms with Crippen LogP contribution in [0.2, 0.25) is 20.1 Å². The van der Waals surface area contributed by atoms with Crippen LogP contribution in [-0.2, 0) is 9.59 Å². The summed E-state index contributed by atoms with van der Waals surface area (Å²) in [7, 11) is 0. The number of imide groups is 1. The fourth-order valence-electron chi connectivity index (χ4n) is 4.29. The van der Waals surface area contributed by atoms with Crippen LogP contribution in [0.3, 0.4) is 0 Å². The molecule has 1 aliphatic heterocycles. The Morgan fingerprint density at radius 1 is 0.829 bits per heavy atom. The molecule has 0 aromatic heterocycles. The summed E-state index contributed by atoms with van der Waals surface area (Å²) in [6.45, 7) is -0.620. The van der Waals surface area contributed by atoms with Crippen LogP contribution in [0.25, 0.3) is 0 Å². The molecule has 35 heavy (non-hydrogen) atoms. The standard InChI is InChI=1S/C23H16Br2Cl4N2O4/c24-16-7-14-15(8-17(16)25)23(35)31(22(14)34)30(21(33)13-4-2-11(27)6-19(13)29)9-20(32)12-3-1-10(26)5-18(12)28/h1-6,14-17H,7-9H2/t14-,15+,16-,17-/m0/s1. The Balaban J connectivity index is 1.74. The zero-order valence-electron chi connectivity index (χ0n) is 17.7. The van der Waals surface area contributed by atoms with Crippen molar-refractivity contribution in [2.45, 2.75) is 22.5 Å². The smallest absolute Gasteiger partial charge is 0.274 e. The zero-order chi connectivity index (χ0) is 25.6. The number of hydrogen-bond donors (Lipinski definition) is 0. The van der Waals surface area contributed by atoms with Gasteiger partial charge in [0.05, 0.1) is 27.4 Å². The summed E-state index contributed by atoms with van der Waals surface area (Å²) < 4.78 is 0. The van der Waals surface area contributed by atoms with E-state index in [9.17, 15) is 19.2 Å². The van der Waals surface area contributed by atoms with E-state index in [0.29, 0.717) is 22.9 Å². The second-order valence-corrected chi connectivity index (χ2v) is 12.3. The predicted octanol–water partition coefficient (Wildman–Crippen LogP) is 6.46. The van der Waals surface area contributed by atoms with Gasteiger partial charge >= 0.3 is 0 Å². The van der Waals surface area contributed by atoms with Crippen LogP contribution in [0.4, 0.5) is 0 Å². The minimum atomic E-state index is -0.795. The molecule has 4 rings (SSSR count). The lowest BCUT2D eigenvalue weighted by molar-refractivity contribution is -0.154. The number of benzene rings is 2. The number of alkyl halides is 2. The van der Waals surface area contributed by atoms with E-state index in [-0.39, 0.29) is 30.8 Å². The van der Waals surface area contributed by atoms with E-state index in [2.05, 4.69) is 31.9 Å². The highest BCUT2D eigenvalue weighted by molar-refractivity contribution is 9.12. The molecule has 1 saturated heterocycles. The molecule has 2 aromatic carbocycles. The lowest BCUT2D eigenvalue weighted by Crippen LogP contribution is -2.52. The van der Waals surface area contributed by atoms with E-state index >= 15 is 0 Å². The van der Waals surface area contributed by atoms with E-state index in [0.717, 1.165) is 10.0 Å². The van der Waals surface area contributed by atoms with Crippen molar-refractivity contribution in [2.24, 2.45) is 11.8 Å². The number of carbonyl (C=O) groups is 4. The fraction of sp³-hybridized carbons (Fsp3) is 0.304. The van der Waals surface area contributed by atoms with Crippen LogP contribution in [0.5, 0.6) is 0 Å². The molecule has 1 heterocycles. The van der Waals surface area contributed by atoms with Crippen LogP contribution in [0.15, 0.2) is 36.4 Å². The number of nitrogens with zero attached hydrogens (tertiary/aromatic N) is 2. The summed E-state index contributed by atoms with van der Waals surface area (Å²) in [5.41, 5.74) is 0.0758. The molecule has 4 atom stereocenters. The molecule has 184 valence electrons. The molecule has 0 N–H and O–H groups in total. The van der Waals surface area contributed by atoms with Crippen LogP contribution in [-0.4, -0.2) is 49.7 Å². The molecule has 2 aliphatic rings. The highest BCUT2D eigenvalue weighted by Gasteiger charge is 2.54. The van der Waals surface area contributed by atoms with Gasteiger partial charge in [0.2, 0.25) is 0 Å². The molecule has 12 heteroatoms. The number of ketones is 1. The molecule has 1 aliphatic carbocycles. The Bertz CT molecular complexity index is 1220. The summed E-state index contributed by atoms with van der Waals surface area (Å²) in [5.74, 6) is -3.71. The summed E-state index contributed by atoms with van der Waals surface area (Å²) in [5, 5.41) is 2.36. The van der Waals surface area contributed by atoms with Gasteiger partial charge in [0.25, 0.3) is 17.7 Å². The Kier molecular flexibility index (Phi) is 8.20. The van der Waals surface area contributed by atoms with Crippen LogP contribution in [0, 0.1) is 11.8 Å².